The predicted octanol–water partition coefficient (Wildman–Crippen LogP) is 2.15. The van der Waals surface area contributed by atoms with Crippen LogP contribution in [0.25, 0.3) is 0 Å². The van der Waals surface area contributed by atoms with Gasteiger partial charge in [0.05, 0.1) is 0 Å². The molecule has 1 rings (SSSR count). The molecular weight excluding hydrogens is 156 g/mol. The van der Waals surface area contributed by atoms with Crippen LogP contribution in [0, 0.1) is 0 Å². The SMILES string of the molecule is O=CSCCc1ccccc1. The van der Waals surface area contributed by atoms with E-state index in [0.29, 0.717) is 0 Å². The Hall–Kier alpha value is -0.760. The molecule has 1 nitrogen and oxygen atoms in total. The largest absolute Gasteiger partial charge is 0.291 e. The van der Waals surface area contributed by atoms with Crippen molar-refractivity contribution in [2.75, 3.05) is 5.75 Å². The van der Waals surface area contributed by atoms with E-state index in [1.807, 2.05) is 18.2 Å². The Kier molecular flexibility index (Phi) is 3.76. The molecule has 0 atom stereocenters. The molecule has 58 valence electrons. The number of aryl methyl sites for hydroxylation is 1. The molecule has 0 unspecified atom stereocenters. The van der Waals surface area contributed by atoms with Crippen LogP contribution in [0.5, 0.6) is 0 Å². The Bertz CT molecular complexity index is 208. The molecule has 0 amide bonds. The second-order valence-electron chi connectivity index (χ2n) is 2.20. The standard InChI is InChI=1S/C9H10OS/c10-8-11-7-6-9-4-2-1-3-5-9/h1-5,8H,6-7H2. The van der Waals surface area contributed by atoms with Crippen molar-refractivity contribution in [1.82, 2.24) is 0 Å². The number of hydrogen-bond donors (Lipinski definition) is 0. The van der Waals surface area contributed by atoms with Gasteiger partial charge in [0.15, 0.2) is 5.62 Å². The zero-order valence-corrected chi connectivity index (χ0v) is 7.01. The van der Waals surface area contributed by atoms with Crippen molar-refractivity contribution in [3.05, 3.63) is 35.9 Å². The molecule has 1 aromatic rings. The van der Waals surface area contributed by atoms with E-state index in [4.69, 9.17) is 0 Å². The first-order chi connectivity index (χ1) is 5.43. The summed E-state index contributed by atoms with van der Waals surface area (Å²) in [5.74, 6) is 0.882. The third kappa shape index (κ3) is 3.23. The molecule has 0 heterocycles. The Labute approximate surface area is 70.8 Å². The van der Waals surface area contributed by atoms with Crippen molar-refractivity contribution < 1.29 is 4.79 Å². The molecule has 11 heavy (non-hydrogen) atoms. The van der Waals surface area contributed by atoms with Gasteiger partial charge in [0.2, 0.25) is 0 Å². The average Bonchev–Trinajstić information content (AvgIpc) is 2.07. The maximum absolute atomic E-state index is 9.96. The lowest BCUT2D eigenvalue weighted by Gasteiger charge is -1.95. The van der Waals surface area contributed by atoms with Crippen molar-refractivity contribution >= 4 is 17.4 Å². The zero-order valence-electron chi connectivity index (χ0n) is 6.19. The molecule has 0 aromatic heterocycles. The molecule has 0 saturated heterocycles. The van der Waals surface area contributed by atoms with Gasteiger partial charge in [0.1, 0.15) is 0 Å². The summed E-state index contributed by atoms with van der Waals surface area (Å²) in [5, 5.41) is 0. The highest BCUT2D eigenvalue weighted by Crippen LogP contribution is 2.03. The Morgan fingerprint density at radius 1 is 1.27 bits per heavy atom. The van der Waals surface area contributed by atoms with Gasteiger partial charge >= 0.3 is 0 Å². The number of thioether (sulfide) groups is 1. The monoisotopic (exact) mass is 166 g/mol. The average molecular weight is 166 g/mol. The lowest BCUT2D eigenvalue weighted by atomic mass is 10.2. The summed E-state index contributed by atoms with van der Waals surface area (Å²) in [4.78, 5) is 9.96. The van der Waals surface area contributed by atoms with Gasteiger partial charge in [-0.2, -0.15) is 0 Å². The van der Waals surface area contributed by atoms with E-state index in [1.54, 1.807) is 0 Å². The topological polar surface area (TPSA) is 17.1 Å². The molecule has 0 saturated carbocycles. The van der Waals surface area contributed by atoms with E-state index in [9.17, 15) is 4.79 Å². The quantitative estimate of drug-likeness (QED) is 0.503. The molecule has 0 aliphatic carbocycles. The van der Waals surface area contributed by atoms with E-state index in [-0.39, 0.29) is 0 Å². The second-order valence-corrected chi connectivity index (χ2v) is 3.14. The van der Waals surface area contributed by atoms with Gasteiger partial charge in [-0.1, -0.05) is 42.1 Å². The fourth-order valence-electron chi connectivity index (χ4n) is 0.870. The summed E-state index contributed by atoms with van der Waals surface area (Å²) in [5.41, 5.74) is 2.19. The van der Waals surface area contributed by atoms with Crippen LogP contribution in [0.15, 0.2) is 30.3 Å². The number of rotatable bonds is 4. The minimum atomic E-state index is 0.882. The summed E-state index contributed by atoms with van der Waals surface area (Å²) < 4.78 is 0. The second kappa shape index (κ2) is 4.97. The van der Waals surface area contributed by atoms with Crippen molar-refractivity contribution in [2.45, 2.75) is 6.42 Å². The van der Waals surface area contributed by atoms with E-state index in [2.05, 4.69) is 12.1 Å². The number of hydrogen-bond acceptors (Lipinski definition) is 2. The molecule has 0 fully saturated rings. The molecule has 0 spiro atoms. The van der Waals surface area contributed by atoms with Crippen LogP contribution in [-0.2, 0) is 11.2 Å². The van der Waals surface area contributed by atoms with Crippen LogP contribution < -0.4 is 0 Å². The zero-order chi connectivity index (χ0) is 7.94. The summed E-state index contributed by atoms with van der Waals surface area (Å²) in [6.45, 7) is 0. The summed E-state index contributed by atoms with van der Waals surface area (Å²) >= 11 is 1.32. The first kappa shape index (κ1) is 8.34. The summed E-state index contributed by atoms with van der Waals surface area (Å²) in [6, 6.07) is 10.2. The highest BCUT2D eigenvalue weighted by atomic mass is 32.2. The van der Waals surface area contributed by atoms with Gasteiger partial charge in [-0.3, -0.25) is 4.79 Å². The van der Waals surface area contributed by atoms with Crippen LogP contribution in [0.4, 0.5) is 0 Å². The van der Waals surface area contributed by atoms with Gasteiger partial charge in [-0.05, 0) is 12.0 Å². The third-order valence-corrected chi connectivity index (χ3v) is 2.00. The van der Waals surface area contributed by atoms with Crippen LogP contribution in [0.2, 0.25) is 0 Å². The molecule has 0 bridgehead atoms. The predicted molar refractivity (Wildman–Crippen MR) is 49.4 cm³/mol. The smallest absolute Gasteiger partial charge is 0.176 e. The fraction of sp³-hybridized carbons (Fsp3) is 0.222. The highest BCUT2D eigenvalue weighted by molar-refractivity contribution is 8.11. The number of carbonyl (C=O) groups excluding carboxylic acids is 1. The first-order valence-corrected chi connectivity index (χ1v) is 4.57. The minimum absolute atomic E-state index is 0.882. The first-order valence-electron chi connectivity index (χ1n) is 3.52. The molecular formula is C9H10OS. The lowest BCUT2D eigenvalue weighted by molar-refractivity contribution is 0.570. The molecule has 0 radical (unpaired) electrons. The molecule has 1 aromatic carbocycles. The van der Waals surface area contributed by atoms with Crippen molar-refractivity contribution in [1.29, 1.82) is 0 Å². The lowest BCUT2D eigenvalue weighted by Crippen LogP contribution is -1.86. The van der Waals surface area contributed by atoms with Crippen LogP contribution >= 0.6 is 11.8 Å². The van der Waals surface area contributed by atoms with E-state index < -0.39 is 0 Å². The molecule has 0 aliphatic rings. The minimum Gasteiger partial charge on any atom is -0.291 e. The molecule has 2 heteroatoms. The van der Waals surface area contributed by atoms with E-state index in [1.165, 1.54) is 17.3 Å². The van der Waals surface area contributed by atoms with Crippen LogP contribution in [0.3, 0.4) is 0 Å². The maximum atomic E-state index is 9.96. The van der Waals surface area contributed by atoms with Gasteiger partial charge in [0, 0.05) is 5.75 Å². The fourth-order valence-corrected chi connectivity index (χ4v) is 1.32. The number of carbonyl (C=O) groups is 1. The Morgan fingerprint density at radius 2 is 2.00 bits per heavy atom. The highest BCUT2D eigenvalue weighted by Gasteiger charge is 1.89. The Balaban J connectivity index is 2.33. The van der Waals surface area contributed by atoms with Gasteiger partial charge in [-0.15, -0.1) is 0 Å². The van der Waals surface area contributed by atoms with Crippen molar-refractivity contribution in [2.24, 2.45) is 0 Å². The van der Waals surface area contributed by atoms with Gasteiger partial charge in [0.25, 0.3) is 0 Å². The maximum Gasteiger partial charge on any atom is 0.176 e. The van der Waals surface area contributed by atoms with Gasteiger partial charge < -0.3 is 0 Å². The molecule has 0 N–H and O–H groups in total. The molecule has 0 aliphatic heterocycles. The Morgan fingerprint density at radius 3 is 2.64 bits per heavy atom. The number of benzene rings is 1. The third-order valence-electron chi connectivity index (χ3n) is 1.42. The van der Waals surface area contributed by atoms with Crippen molar-refractivity contribution in [3.63, 3.8) is 0 Å². The van der Waals surface area contributed by atoms with Crippen LogP contribution in [-0.4, -0.2) is 11.4 Å². The van der Waals surface area contributed by atoms with Gasteiger partial charge in [-0.25, -0.2) is 0 Å². The van der Waals surface area contributed by atoms with E-state index in [0.717, 1.165) is 17.8 Å². The normalized spacial score (nSPS) is 9.45. The van der Waals surface area contributed by atoms with Crippen molar-refractivity contribution in [3.8, 4) is 0 Å². The summed E-state index contributed by atoms with van der Waals surface area (Å²) in [7, 11) is 0. The van der Waals surface area contributed by atoms with E-state index >= 15 is 0 Å². The summed E-state index contributed by atoms with van der Waals surface area (Å²) in [6.07, 6.45) is 0.976. The van der Waals surface area contributed by atoms with Crippen LogP contribution in [0.1, 0.15) is 5.56 Å².